The van der Waals surface area contributed by atoms with Gasteiger partial charge in [-0.1, -0.05) is 0 Å². The van der Waals surface area contributed by atoms with Crippen molar-refractivity contribution in [3.63, 3.8) is 0 Å². The van der Waals surface area contributed by atoms with Crippen LogP contribution in [0.2, 0.25) is 0 Å². The molecule has 0 aromatic carbocycles. The van der Waals surface area contributed by atoms with Crippen LogP contribution in [0.1, 0.15) is 36.2 Å². The number of hydrogen-bond donors (Lipinski definition) is 2. The molecular formula is C14H19BrN2O4. The van der Waals surface area contributed by atoms with E-state index in [1.54, 1.807) is 17.0 Å². The number of nitrogens with zero attached hydrogens (tertiary/aromatic N) is 1. The van der Waals surface area contributed by atoms with E-state index in [-0.39, 0.29) is 30.9 Å². The van der Waals surface area contributed by atoms with Gasteiger partial charge in [-0.3, -0.25) is 9.59 Å². The van der Waals surface area contributed by atoms with Crippen molar-refractivity contribution in [1.82, 2.24) is 10.2 Å². The van der Waals surface area contributed by atoms with E-state index in [1.165, 1.54) is 0 Å². The third-order valence-corrected chi connectivity index (χ3v) is 4.02. The molecule has 21 heavy (non-hydrogen) atoms. The molecule has 116 valence electrons. The SMILES string of the molecule is O=C(NCC(=O)N1CCCC1CCCO)c1ccc(Br)o1. The second-order valence-corrected chi connectivity index (χ2v) is 5.82. The Balaban J connectivity index is 1.82. The second kappa shape index (κ2) is 7.61. The van der Waals surface area contributed by atoms with Gasteiger partial charge in [-0.15, -0.1) is 0 Å². The zero-order valence-corrected chi connectivity index (χ0v) is 13.3. The maximum Gasteiger partial charge on any atom is 0.287 e. The molecule has 1 saturated heterocycles. The molecule has 1 aliphatic rings. The molecule has 1 aromatic heterocycles. The van der Waals surface area contributed by atoms with E-state index in [4.69, 9.17) is 9.52 Å². The molecule has 7 heteroatoms. The summed E-state index contributed by atoms with van der Waals surface area (Å²) >= 11 is 3.12. The zero-order valence-electron chi connectivity index (χ0n) is 11.7. The number of aliphatic hydroxyl groups is 1. The number of hydrogen-bond acceptors (Lipinski definition) is 4. The molecule has 1 unspecified atom stereocenters. The first kappa shape index (κ1) is 16.0. The predicted octanol–water partition coefficient (Wildman–Crippen LogP) is 1.54. The Bertz CT molecular complexity index is 503. The summed E-state index contributed by atoms with van der Waals surface area (Å²) in [7, 11) is 0. The number of carbonyl (C=O) groups is 2. The van der Waals surface area contributed by atoms with Crippen LogP contribution in [0.5, 0.6) is 0 Å². The average molecular weight is 359 g/mol. The molecule has 0 aliphatic carbocycles. The van der Waals surface area contributed by atoms with Crippen LogP contribution in [-0.2, 0) is 4.79 Å². The van der Waals surface area contributed by atoms with Gasteiger partial charge in [0, 0.05) is 19.2 Å². The largest absolute Gasteiger partial charge is 0.444 e. The van der Waals surface area contributed by atoms with Gasteiger partial charge in [0.1, 0.15) is 0 Å². The lowest BCUT2D eigenvalue weighted by Crippen LogP contribution is -2.42. The molecule has 2 heterocycles. The molecule has 0 radical (unpaired) electrons. The van der Waals surface area contributed by atoms with E-state index < -0.39 is 5.91 Å². The van der Waals surface area contributed by atoms with Crippen molar-refractivity contribution >= 4 is 27.7 Å². The summed E-state index contributed by atoms with van der Waals surface area (Å²) < 4.78 is 5.60. The topological polar surface area (TPSA) is 82.8 Å². The molecule has 1 aliphatic heterocycles. The van der Waals surface area contributed by atoms with E-state index in [0.717, 1.165) is 25.8 Å². The first-order valence-corrected chi connectivity index (χ1v) is 7.85. The van der Waals surface area contributed by atoms with E-state index in [9.17, 15) is 9.59 Å². The fourth-order valence-electron chi connectivity index (χ4n) is 2.57. The predicted molar refractivity (Wildman–Crippen MR) is 79.8 cm³/mol. The first-order chi connectivity index (χ1) is 10.1. The fraction of sp³-hybridized carbons (Fsp3) is 0.571. The van der Waals surface area contributed by atoms with Crippen LogP contribution < -0.4 is 5.32 Å². The van der Waals surface area contributed by atoms with Gasteiger partial charge in [0.15, 0.2) is 10.4 Å². The maximum absolute atomic E-state index is 12.2. The molecule has 1 atom stereocenters. The molecule has 1 aromatic rings. The number of nitrogens with one attached hydrogen (secondary N) is 1. The lowest BCUT2D eigenvalue weighted by Gasteiger charge is -2.24. The number of aliphatic hydroxyl groups excluding tert-OH is 1. The molecule has 2 rings (SSSR count). The third kappa shape index (κ3) is 4.31. The fourth-order valence-corrected chi connectivity index (χ4v) is 2.88. The summed E-state index contributed by atoms with van der Waals surface area (Å²) in [5, 5.41) is 11.5. The van der Waals surface area contributed by atoms with E-state index in [1.807, 2.05) is 0 Å². The van der Waals surface area contributed by atoms with Gasteiger partial charge in [-0.05, 0) is 53.7 Å². The van der Waals surface area contributed by atoms with Crippen LogP contribution in [0.4, 0.5) is 0 Å². The number of likely N-dealkylation sites (tertiary alicyclic amines) is 1. The van der Waals surface area contributed by atoms with Crippen molar-refractivity contribution in [3.8, 4) is 0 Å². The number of halogens is 1. The quantitative estimate of drug-likeness (QED) is 0.807. The van der Waals surface area contributed by atoms with E-state index >= 15 is 0 Å². The summed E-state index contributed by atoms with van der Waals surface area (Å²) in [6.45, 7) is 0.826. The molecule has 2 amide bonds. The standard InChI is InChI=1S/C14H19BrN2O4/c15-12-6-5-11(21-12)14(20)16-9-13(19)17-7-1-3-10(17)4-2-8-18/h5-6,10,18H,1-4,7-9H2,(H,16,20). The van der Waals surface area contributed by atoms with Crippen LogP contribution in [0.25, 0.3) is 0 Å². The first-order valence-electron chi connectivity index (χ1n) is 7.05. The normalized spacial score (nSPS) is 18.0. The number of carbonyl (C=O) groups excluding carboxylic acids is 2. The second-order valence-electron chi connectivity index (χ2n) is 5.04. The Kier molecular flexibility index (Phi) is 5.81. The van der Waals surface area contributed by atoms with Crippen LogP contribution in [0.15, 0.2) is 21.2 Å². The van der Waals surface area contributed by atoms with E-state index in [2.05, 4.69) is 21.2 Å². The zero-order chi connectivity index (χ0) is 15.2. The minimum absolute atomic E-state index is 0.0349. The van der Waals surface area contributed by atoms with Crippen molar-refractivity contribution in [1.29, 1.82) is 0 Å². The van der Waals surface area contributed by atoms with Gasteiger partial charge in [-0.25, -0.2) is 0 Å². The van der Waals surface area contributed by atoms with Gasteiger partial charge in [0.25, 0.3) is 5.91 Å². The molecule has 6 nitrogen and oxygen atoms in total. The molecule has 0 saturated carbocycles. The Morgan fingerprint density at radius 3 is 2.95 bits per heavy atom. The lowest BCUT2D eigenvalue weighted by atomic mass is 10.1. The highest BCUT2D eigenvalue weighted by atomic mass is 79.9. The van der Waals surface area contributed by atoms with Gasteiger partial charge in [0.05, 0.1) is 6.54 Å². The Labute approximate surface area is 131 Å². The van der Waals surface area contributed by atoms with Crippen molar-refractivity contribution in [2.24, 2.45) is 0 Å². The highest BCUT2D eigenvalue weighted by Gasteiger charge is 2.28. The number of amides is 2. The minimum atomic E-state index is -0.403. The Morgan fingerprint density at radius 1 is 1.48 bits per heavy atom. The van der Waals surface area contributed by atoms with Gasteiger partial charge in [0.2, 0.25) is 5.91 Å². The van der Waals surface area contributed by atoms with Crippen molar-refractivity contribution in [3.05, 3.63) is 22.6 Å². The lowest BCUT2D eigenvalue weighted by molar-refractivity contribution is -0.131. The maximum atomic E-state index is 12.2. The summed E-state index contributed by atoms with van der Waals surface area (Å²) in [5.74, 6) is -0.317. The summed E-state index contributed by atoms with van der Waals surface area (Å²) in [6, 6.07) is 3.35. The average Bonchev–Trinajstić information content (AvgIpc) is 3.10. The molecule has 2 N–H and O–H groups in total. The summed E-state index contributed by atoms with van der Waals surface area (Å²) in [6.07, 6.45) is 3.44. The van der Waals surface area contributed by atoms with Crippen molar-refractivity contribution in [2.75, 3.05) is 19.7 Å². The highest BCUT2D eigenvalue weighted by Crippen LogP contribution is 2.21. The van der Waals surface area contributed by atoms with Gasteiger partial charge < -0.3 is 19.7 Å². The van der Waals surface area contributed by atoms with Crippen LogP contribution in [0.3, 0.4) is 0 Å². The molecule has 0 bridgehead atoms. The Hall–Kier alpha value is -1.34. The molecule has 1 fully saturated rings. The molecule has 0 spiro atoms. The highest BCUT2D eigenvalue weighted by molar-refractivity contribution is 9.10. The number of rotatable bonds is 6. The third-order valence-electron chi connectivity index (χ3n) is 3.59. The van der Waals surface area contributed by atoms with Crippen LogP contribution in [0, 0.1) is 0 Å². The van der Waals surface area contributed by atoms with Crippen molar-refractivity contribution in [2.45, 2.75) is 31.7 Å². The molecular weight excluding hydrogens is 340 g/mol. The number of furan rings is 1. The van der Waals surface area contributed by atoms with Crippen LogP contribution >= 0.6 is 15.9 Å². The van der Waals surface area contributed by atoms with Crippen LogP contribution in [-0.4, -0.2) is 47.6 Å². The van der Waals surface area contributed by atoms with Gasteiger partial charge in [-0.2, -0.15) is 0 Å². The smallest absolute Gasteiger partial charge is 0.287 e. The van der Waals surface area contributed by atoms with Gasteiger partial charge >= 0.3 is 0 Å². The Morgan fingerprint density at radius 2 is 2.29 bits per heavy atom. The van der Waals surface area contributed by atoms with Crippen molar-refractivity contribution < 1.29 is 19.1 Å². The summed E-state index contributed by atoms with van der Waals surface area (Å²) in [4.78, 5) is 25.8. The monoisotopic (exact) mass is 358 g/mol. The van der Waals surface area contributed by atoms with E-state index in [0.29, 0.717) is 11.1 Å². The minimum Gasteiger partial charge on any atom is -0.444 e. The summed E-state index contributed by atoms with van der Waals surface area (Å²) in [5.41, 5.74) is 0.